The van der Waals surface area contributed by atoms with Crippen LogP contribution < -0.4 is 10.6 Å². The number of carbonyl (C=O) groups excluding carboxylic acids is 1. The second-order valence-electron chi connectivity index (χ2n) is 3.93. The van der Waals surface area contributed by atoms with Crippen molar-refractivity contribution in [2.45, 2.75) is 13.0 Å². The van der Waals surface area contributed by atoms with Crippen molar-refractivity contribution in [3.63, 3.8) is 0 Å². The molecule has 0 aliphatic heterocycles. The molecule has 1 atom stereocenters. The topological polar surface area (TPSA) is 61.4 Å². The minimum Gasteiger partial charge on any atom is -0.392 e. The molecule has 4 nitrogen and oxygen atoms in total. The van der Waals surface area contributed by atoms with Gasteiger partial charge in [0.05, 0.1) is 11.7 Å². The molecule has 18 heavy (non-hydrogen) atoms. The highest BCUT2D eigenvalue weighted by molar-refractivity contribution is 9.10. The minimum atomic E-state index is -0.449. The first-order valence-corrected chi connectivity index (χ1v) is 6.42. The molecule has 0 aliphatic carbocycles. The van der Waals surface area contributed by atoms with Gasteiger partial charge in [-0.2, -0.15) is 0 Å². The number of amides is 1. The lowest BCUT2D eigenvalue weighted by Gasteiger charge is -2.09. The number of benzene rings is 1. The smallest absolute Gasteiger partial charge is 0.252 e. The average Bonchev–Trinajstić information content (AvgIpc) is 2.31. The highest BCUT2D eigenvalue weighted by atomic mass is 79.9. The number of hydrogen-bond acceptors (Lipinski definition) is 3. The Hall–Kier alpha value is -0.980. The molecule has 0 saturated heterocycles. The number of rotatable bonds is 6. The van der Waals surface area contributed by atoms with Gasteiger partial charge in [-0.15, -0.1) is 0 Å². The quantitative estimate of drug-likeness (QED) is 0.693. The molecule has 1 rings (SSSR count). The summed E-state index contributed by atoms with van der Waals surface area (Å²) in [5.41, 5.74) is 0.269. The van der Waals surface area contributed by atoms with Crippen LogP contribution in [0.5, 0.6) is 0 Å². The summed E-state index contributed by atoms with van der Waals surface area (Å²) in [5.74, 6) is -0.782. The monoisotopic (exact) mass is 318 g/mol. The fraction of sp³-hybridized carbons (Fsp3) is 0.417. The Balaban J connectivity index is 2.39. The largest absolute Gasteiger partial charge is 0.392 e. The summed E-state index contributed by atoms with van der Waals surface area (Å²) >= 11 is 3.20. The third-order valence-corrected chi connectivity index (χ3v) is 2.89. The van der Waals surface area contributed by atoms with Gasteiger partial charge in [0.2, 0.25) is 0 Å². The molecule has 0 spiro atoms. The minimum absolute atomic E-state index is 0.269. The van der Waals surface area contributed by atoms with E-state index in [1.165, 1.54) is 18.2 Å². The molecular weight excluding hydrogens is 303 g/mol. The van der Waals surface area contributed by atoms with Crippen molar-refractivity contribution >= 4 is 21.8 Å². The Morgan fingerprint density at radius 1 is 1.50 bits per heavy atom. The molecule has 0 fully saturated rings. The number of aliphatic hydroxyl groups excluding tert-OH is 1. The van der Waals surface area contributed by atoms with Crippen LogP contribution in [-0.4, -0.2) is 36.8 Å². The van der Waals surface area contributed by atoms with Crippen molar-refractivity contribution in [1.29, 1.82) is 0 Å². The van der Waals surface area contributed by atoms with E-state index in [1.54, 1.807) is 6.92 Å². The highest BCUT2D eigenvalue weighted by Gasteiger charge is 2.10. The van der Waals surface area contributed by atoms with E-state index in [9.17, 15) is 9.18 Å². The van der Waals surface area contributed by atoms with Crippen molar-refractivity contribution in [2.24, 2.45) is 0 Å². The second-order valence-corrected chi connectivity index (χ2v) is 4.79. The standard InChI is InChI=1S/C12H16BrFN2O2/c1-8(17)7-15-4-5-16-12(18)10-6-9(14)2-3-11(10)13/h2-3,6,8,15,17H,4-5,7H2,1H3,(H,16,18). The van der Waals surface area contributed by atoms with Crippen molar-refractivity contribution in [2.75, 3.05) is 19.6 Å². The maximum absolute atomic E-state index is 13.0. The van der Waals surface area contributed by atoms with E-state index >= 15 is 0 Å². The van der Waals surface area contributed by atoms with Gasteiger partial charge in [-0.1, -0.05) is 0 Å². The highest BCUT2D eigenvalue weighted by Crippen LogP contribution is 2.17. The molecular formula is C12H16BrFN2O2. The summed E-state index contributed by atoms with van der Waals surface area (Å²) in [6.07, 6.45) is -0.418. The number of aliphatic hydroxyl groups is 1. The molecule has 1 aromatic carbocycles. The van der Waals surface area contributed by atoms with Crippen LogP contribution in [0.1, 0.15) is 17.3 Å². The maximum atomic E-state index is 13.0. The Morgan fingerprint density at radius 3 is 2.89 bits per heavy atom. The van der Waals surface area contributed by atoms with Gasteiger partial charge in [-0.05, 0) is 41.1 Å². The third kappa shape index (κ3) is 5.12. The predicted molar refractivity (Wildman–Crippen MR) is 71.0 cm³/mol. The molecule has 3 N–H and O–H groups in total. The van der Waals surface area contributed by atoms with Gasteiger partial charge in [0.25, 0.3) is 5.91 Å². The first-order valence-electron chi connectivity index (χ1n) is 5.62. The Labute approximate surface area is 114 Å². The van der Waals surface area contributed by atoms with Crippen LogP contribution in [0.15, 0.2) is 22.7 Å². The van der Waals surface area contributed by atoms with E-state index in [2.05, 4.69) is 26.6 Å². The SMILES string of the molecule is CC(O)CNCCNC(=O)c1cc(F)ccc1Br. The summed E-state index contributed by atoms with van der Waals surface area (Å²) in [4.78, 5) is 11.7. The fourth-order valence-corrected chi connectivity index (χ4v) is 1.77. The first-order chi connectivity index (χ1) is 8.50. The molecule has 0 saturated carbocycles. The third-order valence-electron chi connectivity index (χ3n) is 2.20. The summed E-state index contributed by atoms with van der Waals surface area (Å²) in [5, 5.41) is 14.6. The van der Waals surface area contributed by atoms with E-state index in [0.717, 1.165) is 0 Å². The number of halogens is 2. The molecule has 1 unspecified atom stereocenters. The van der Waals surface area contributed by atoms with Crippen molar-refractivity contribution in [3.8, 4) is 0 Å². The zero-order chi connectivity index (χ0) is 13.5. The molecule has 0 heterocycles. The number of nitrogens with one attached hydrogen (secondary N) is 2. The maximum Gasteiger partial charge on any atom is 0.252 e. The Morgan fingerprint density at radius 2 is 2.22 bits per heavy atom. The van der Waals surface area contributed by atoms with Crippen LogP contribution >= 0.6 is 15.9 Å². The first kappa shape index (κ1) is 15.1. The number of hydrogen-bond donors (Lipinski definition) is 3. The summed E-state index contributed by atoms with van der Waals surface area (Å²) in [7, 11) is 0. The van der Waals surface area contributed by atoms with Crippen LogP contribution in [0.4, 0.5) is 4.39 Å². The summed E-state index contributed by atoms with van der Waals surface area (Å²) in [6.45, 7) is 3.10. The van der Waals surface area contributed by atoms with Crippen LogP contribution in [0, 0.1) is 5.82 Å². The summed E-state index contributed by atoms with van der Waals surface area (Å²) in [6, 6.07) is 3.96. The Bertz CT molecular complexity index is 413. The van der Waals surface area contributed by atoms with Gasteiger partial charge in [0, 0.05) is 24.1 Å². The molecule has 100 valence electrons. The molecule has 6 heteroatoms. The van der Waals surface area contributed by atoms with Gasteiger partial charge in [0.15, 0.2) is 0 Å². The number of carbonyl (C=O) groups is 1. The van der Waals surface area contributed by atoms with Gasteiger partial charge < -0.3 is 15.7 Å². The van der Waals surface area contributed by atoms with Crippen molar-refractivity contribution < 1.29 is 14.3 Å². The van der Waals surface area contributed by atoms with E-state index in [1.807, 2.05) is 0 Å². The van der Waals surface area contributed by atoms with Crippen molar-refractivity contribution in [1.82, 2.24) is 10.6 Å². The molecule has 1 aromatic rings. The Kier molecular flexibility index (Phi) is 6.24. The van der Waals surface area contributed by atoms with Gasteiger partial charge in [-0.3, -0.25) is 4.79 Å². The lowest BCUT2D eigenvalue weighted by molar-refractivity contribution is 0.0952. The van der Waals surface area contributed by atoms with Crippen LogP contribution in [0.2, 0.25) is 0 Å². The molecule has 0 aromatic heterocycles. The van der Waals surface area contributed by atoms with Crippen LogP contribution in [0.3, 0.4) is 0 Å². The van der Waals surface area contributed by atoms with Gasteiger partial charge >= 0.3 is 0 Å². The molecule has 1 amide bonds. The second kappa shape index (κ2) is 7.45. The van der Waals surface area contributed by atoms with E-state index in [4.69, 9.17) is 5.11 Å². The fourth-order valence-electron chi connectivity index (χ4n) is 1.34. The summed E-state index contributed by atoms with van der Waals surface area (Å²) < 4.78 is 13.6. The van der Waals surface area contributed by atoms with Crippen LogP contribution in [0.25, 0.3) is 0 Å². The zero-order valence-electron chi connectivity index (χ0n) is 10.0. The normalized spacial score (nSPS) is 12.2. The van der Waals surface area contributed by atoms with Crippen LogP contribution in [-0.2, 0) is 0 Å². The zero-order valence-corrected chi connectivity index (χ0v) is 11.6. The van der Waals surface area contributed by atoms with E-state index < -0.39 is 11.9 Å². The molecule has 0 bridgehead atoms. The van der Waals surface area contributed by atoms with E-state index in [-0.39, 0.29) is 11.5 Å². The molecule has 0 aliphatic rings. The lowest BCUT2D eigenvalue weighted by Crippen LogP contribution is -2.34. The lowest BCUT2D eigenvalue weighted by atomic mass is 10.2. The van der Waals surface area contributed by atoms with Crippen molar-refractivity contribution in [3.05, 3.63) is 34.1 Å². The van der Waals surface area contributed by atoms with E-state index in [0.29, 0.717) is 24.1 Å². The van der Waals surface area contributed by atoms with Gasteiger partial charge in [0.1, 0.15) is 5.82 Å². The molecule has 0 radical (unpaired) electrons. The van der Waals surface area contributed by atoms with Gasteiger partial charge in [-0.25, -0.2) is 4.39 Å². The average molecular weight is 319 g/mol. The predicted octanol–water partition coefficient (Wildman–Crippen LogP) is 1.29.